The van der Waals surface area contributed by atoms with Gasteiger partial charge in [0.2, 0.25) is 0 Å². The predicted octanol–water partition coefficient (Wildman–Crippen LogP) is 2.78. The minimum Gasteiger partial charge on any atom is -0.452 e. The first-order valence-corrected chi connectivity index (χ1v) is 8.77. The van der Waals surface area contributed by atoms with E-state index in [4.69, 9.17) is 4.74 Å². The number of benzene rings is 2. The molecular formula is C21H19N3O4. The third-order valence-electron chi connectivity index (χ3n) is 3.95. The van der Waals surface area contributed by atoms with Crippen molar-refractivity contribution in [2.75, 3.05) is 18.5 Å². The fraction of sp³-hybridized carbons (Fsp3) is 0.143. The number of hydrogen-bond donors (Lipinski definition) is 2. The summed E-state index contributed by atoms with van der Waals surface area (Å²) in [5.41, 5.74) is 1.89. The lowest BCUT2D eigenvalue weighted by atomic mass is 10.1. The van der Waals surface area contributed by atoms with Crippen molar-refractivity contribution in [3.8, 4) is 0 Å². The molecule has 0 fully saturated rings. The molecule has 0 aliphatic carbocycles. The lowest BCUT2D eigenvalue weighted by Gasteiger charge is -2.09. The maximum absolute atomic E-state index is 12.3. The summed E-state index contributed by atoms with van der Waals surface area (Å²) in [6.07, 6.45) is 1.64. The molecular weight excluding hydrogens is 358 g/mol. The molecule has 2 N–H and O–H groups in total. The van der Waals surface area contributed by atoms with Crippen LogP contribution in [0.25, 0.3) is 10.9 Å². The number of rotatable bonds is 6. The number of nitrogens with zero attached hydrogens (tertiary/aromatic N) is 1. The van der Waals surface area contributed by atoms with Gasteiger partial charge in [-0.1, -0.05) is 18.2 Å². The van der Waals surface area contributed by atoms with E-state index in [9.17, 15) is 14.4 Å². The number of fused-ring (bicyclic) bond motifs is 1. The minimum absolute atomic E-state index is 0.227. The molecule has 0 aliphatic rings. The third-order valence-corrected chi connectivity index (χ3v) is 3.95. The number of anilines is 1. The molecule has 7 heteroatoms. The lowest BCUT2D eigenvalue weighted by Crippen LogP contribution is -2.23. The summed E-state index contributed by atoms with van der Waals surface area (Å²) in [5, 5.41) is 5.96. The van der Waals surface area contributed by atoms with E-state index in [1.165, 1.54) is 0 Å². The fourth-order valence-corrected chi connectivity index (χ4v) is 2.69. The number of aromatic nitrogens is 1. The summed E-state index contributed by atoms with van der Waals surface area (Å²) < 4.78 is 5.13. The van der Waals surface area contributed by atoms with Gasteiger partial charge in [0.1, 0.15) is 0 Å². The van der Waals surface area contributed by atoms with E-state index in [0.29, 0.717) is 34.3 Å². The van der Waals surface area contributed by atoms with E-state index < -0.39 is 18.5 Å². The summed E-state index contributed by atoms with van der Waals surface area (Å²) in [4.78, 5) is 40.5. The zero-order valence-corrected chi connectivity index (χ0v) is 15.3. The van der Waals surface area contributed by atoms with Crippen molar-refractivity contribution in [2.24, 2.45) is 0 Å². The molecule has 2 aromatic carbocycles. The van der Waals surface area contributed by atoms with Gasteiger partial charge >= 0.3 is 5.97 Å². The summed E-state index contributed by atoms with van der Waals surface area (Å²) in [5.74, 6) is -1.33. The highest BCUT2D eigenvalue weighted by Crippen LogP contribution is 2.17. The Bertz CT molecular complexity index is 1030. The molecule has 2 amide bonds. The van der Waals surface area contributed by atoms with Gasteiger partial charge in [-0.05, 0) is 43.3 Å². The van der Waals surface area contributed by atoms with Gasteiger partial charge in [0.05, 0.1) is 11.1 Å². The maximum Gasteiger partial charge on any atom is 0.339 e. The van der Waals surface area contributed by atoms with Crippen LogP contribution in [0.3, 0.4) is 0 Å². The van der Waals surface area contributed by atoms with Crippen LogP contribution in [0.1, 0.15) is 27.6 Å². The maximum atomic E-state index is 12.3. The number of pyridine rings is 1. The highest BCUT2D eigenvalue weighted by atomic mass is 16.5. The van der Waals surface area contributed by atoms with Crippen molar-refractivity contribution in [1.82, 2.24) is 10.3 Å². The van der Waals surface area contributed by atoms with Gasteiger partial charge in [0.15, 0.2) is 6.61 Å². The van der Waals surface area contributed by atoms with Gasteiger partial charge in [0.25, 0.3) is 11.8 Å². The van der Waals surface area contributed by atoms with E-state index in [2.05, 4.69) is 15.6 Å². The second-order valence-corrected chi connectivity index (χ2v) is 5.94. The molecule has 7 nitrogen and oxygen atoms in total. The molecule has 1 aromatic heterocycles. The van der Waals surface area contributed by atoms with Crippen molar-refractivity contribution in [3.63, 3.8) is 0 Å². The number of carbonyl (C=O) groups excluding carboxylic acids is 3. The zero-order chi connectivity index (χ0) is 19.9. The van der Waals surface area contributed by atoms with Crippen molar-refractivity contribution < 1.29 is 19.1 Å². The number of esters is 1. The van der Waals surface area contributed by atoms with Gasteiger partial charge in [-0.15, -0.1) is 0 Å². The Morgan fingerprint density at radius 2 is 1.86 bits per heavy atom. The number of nitrogens with one attached hydrogen (secondary N) is 2. The zero-order valence-electron chi connectivity index (χ0n) is 15.3. The summed E-state index contributed by atoms with van der Waals surface area (Å²) >= 11 is 0. The van der Waals surface area contributed by atoms with E-state index in [-0.39, 0.29) is 5.91 Å². The summed E-state index contributed by atoms with van der Waals surface area (Å²) in [7, 11) is 0. The number of amides is 2. The van der Waals surface area contributed by atoms with E-state index >= 15 is 0 Å². The number of carbonyl (C=O) groups is 3. The topological polar surface area (TPSA) is 97.4 Å². The molecule has 0 radical (unpaired) electrons. The molecule has 0 saturated carbocycles. The van der Waals surface area contributed by atoms with Gasteiger partial charge in [-0.3, -0.25) is 14.6 Å². The Hall–Kier alpha value is -3.74. The first kappa shape index (κ1) is 19.0. The van der Waals surface area contributed by atoms with Gasteiger partial charge in [0, 0.05) is 29.4 Å². The molecule has 0 atom stereocenters. The summed E-state index contributed by atoms with van der Waals surface area (Å²) in [6, 6.07) is 15.1. The Kier molecular flexibility index (Phi) is 5.96. The molecule has 3 rings (SSSR count). The standard InChI is InChI=1S/C21H19N3O4/c1-2-22-20(26)14-6-3-7-15(12-14)24-19(25)13-28-21(27)17-8-4-10-18-16(17)9-5-11-23-18/h3-12H,2,13H2,1H3,(H,22,26)(H,24,25). The molecule has 0 bridgehead atoms. The highest BCUT2D eigenvalue weighted by molar-refractivity contribution is 6.04. The molecule has 0 spiro atoms. The van der Waals surface area contributed by atoms with Gasteiger partial charge < -0.3 is 15.4 Å². The largest absolute Gasteiger partial charge is 0.452 e. The lowest BCUT2D eigenvalue weighted by molar-refractivity contribution is -0.119. The van der Waals surface area contributed by atoms with Gasteiger partial charge in [-0.25, -0.2) is 4.79 Å². The smallest absolute Gasteiger partial charge is 0.339 e. The van der Waals surface area contributed by atoms with Crippen LogP contribution in [-0.2, 0) is 9.53 Å². The van der Waals surface area contributed by atoms with Crippen LogP contribution in [0.5, 0.6) is 0 Å². The van der Waals surface area contributed by atoms with Crippen LogP contribution in [0.4, 0.5) is 5.69 Å². The average molecular weight is 377 g/mol. The molecule has 142 valence electrons. The van der Waals surface area contributed by atoms with Crippen LogP contribution >= 0.6 is 0 Å². The second kappa shape index (κ2) is 8.77. The monoisotopic (exact) mass is 377 g/mol. The third kappa shape index (κ3) is 4.50. The first-order chi connectivity index (χ1) is 13.6. The quantitative estimate of drug-likeness (QED) is 0.644. The van der Waals surface area contributed by atoms with Crippen LogP contribution < -0.4 is 10.6 Å². The highest BCUT2D eigenvalue weighted by Gasteiger charge is 2.14. The van der Waals surface area contributed by atoms with E-state index in [1.54, 1.807) is 60.8 Å². The molecule has 28 heavy (non-hydrogen) atoms. The molecule has 1 heterocycles. The number of hydrogen-bond acceptors (Lipinski definition) is 5. The number of ether oxygens (including phenoxy) is 1. The molecule has 0 saturated heterocycles. The van der Waals surface area contributed by atoms with E-state index in [1.807, 2.05) is 6.92 Å². The van der Waals surface area contributed by atoms with Gasteiger partial charge in [-0.2, -0.15) is 0 Å². The van der Waals surface area contributed by atoms with Crippen molar-refractivity contribution in [1.29, 1.82) is 0 Å². The SMILES string of the molecule is CCNC(=O)c1cccc(NC(=O)COC(=O)c2cccc3ncccc23)c1. The Morgan fingerprint density at radius 3 is 2.68 bits per heavy atom. The first-order valence-electron chi connectivity index (χ1n) is 8.77. The fourth-order valence-electron chi connectivity index (χ4n) is 2.69. The van der Waals surface area contributed by atoms with Crippen molar-refractivity contribution in [2.45, 2.75) is 6.92 Å². The van der Waals surface area contributed by atoms with E-state index in [0.717, 1.165) is 0 Å². The van der Waals surface area contributed by atoms with Crippen molar-refractivity contribution >= 4 is 34.4 Å². The van der Waals surface area contributed by atoms with Crippen molar-refractivity contribution in [3.05, 3.63) is 71.9 Å². The van der Waals surface area contributed by atoms with Crippen LogP contribution in [0.15, 0.2) is 60.8 Å². The summed E-state index contributed by atoms with van der Waals surface area (Å²) in [6.45, 7) is 1.89. The van der Waals surface area contributed by atoms with Crippen LogP contribution in [-0.4, -0.2) is 35.9 Å². The molecule has 3 aromatic rings. The predicted molar refractivity (Wildman–Crippen MR) is 105 cm³/mol. The van der Waals surface area contributed by atoms with Crippen LogP contribution in [0.2, 0.25) is 0 Å². The minimum atomic E-state index is -0.607. The molecule has 0 aliphatic heterocycles. The Balaban J connectivity index is 1.62. The normalized spacial score (nSPS) is 10.3. The molecule has 0 unspecified atom stereocenters. The van der Waals surface area contributed by atoms with Crippen LogP contribution in [0, 0.1) is 0 Å². The second-order valence-electron chi connectivity index (χ2n) is 5.94. The average Bonchev–Trinajstić information content (AvgIpc) is 2.72. The Labute approximate surface area is 161 Å². The Morgan fingerprint density at radius 1 is 1.04 bits per heavy atom.